The van der Waals surface area contributed by atoms with Crippen LogP contribution in [-0.4, -0.2) is 26.2 Å². The van der Waals surface area contributed by atoms with Gasteiger partial charge in [0.2, 0.25) is 0 Å². The number of nitrogens with two attached hydrogens (primary N) is 4. The first kappa shape index (κ1) is 20.2. The summed E-state index contributed by atoms with van der Waals surface area (Å²) in [5.41, 5.74) is 21.9. The summed E-state index contributed by atoms with van der Waals surface area (Å²) >= 11 is 0. The number of rotatable bonds is 10. The van der Waals surface area contributed by atoms with E-state index in [9.17, 15) is 0 Å². The molecule has 18 heavy (non-hydrogen) atoms. The Morgan fingerprint density at radius 3 is 1.56 bits per heavy atom. The topological polar surface area (TPSA) is 104 Å². The molecule has 0 aromatic rings. The lowest BCUT2D eigenvalue weighted by Gasteiger charge is -2.27. The third-order valence-electron chi connectivity index (χ3n) is 3.24. The number of hydrogen-bond donors (Lipinski definition) is 4. The maximum atomic E-state index is 5.69. The predicted octanol–water partition coefficient (Wildman–Crippen LogP) is 1.56. The largest absolute Gasteiger partial charge is 0.330 e. The molecule has 4 nitrogen and oxygen atoms in total. The molecule has 1 unspecified atom stereocenters. The van der Waals surface area contributed by atoms with Gasteiger partial charge in [-0.2, -0.15) is 0 Å². The van der Waals surface area contributed by atoms with E-state index in [4.69, 9.17) is 22.9 Å². The zero-order valence-electron chi connectivity index (χ0n) is 12.6. The van der Waals surface area contributed by atoms with E-state index in [1.165, 1.54) is 25.7 Å². The van der Waals surface area contributed by atoms with Gasteiger partial charge in [-0.3, -0.25) is 0 Å². The second-order valence-corrected chi connectivity index (χ2v) is 5.30. The van der Waals surface area contributed by atoms with Crippen LogP contribution in [0, 0.1) is 5.41 Å². The van der Waals surface area contributed by atoms with Crippen LogP contribution in [-0.2, 0) is 0 Å². The Morgan fingerprint density at radius 1 is 0.722 bits per heavy atom. The van der Waals surface area contributed by atoms with E-state index < -0.39 is 0 Å². The van der Waals surface area contributed by atoms with Gasteiger partial charge in [0.25, 0.3) is 0 Å². The fourth-order valence-electron chi connectivity index (χ4n) is 1.93. The van der Waals surface area contributed by atoms with E-state index >= 15 is 0 Å². The van der Waals surface area contributed by atoms with E-state index in [-0.39, 0.29) is 0 Å². The molecule has 0 aromatic heterocycles. The summed E-state index contributed by atoms with van der Waals surface area (Å²) in [5.74, 6) is 0. The molecule has 0 saturated carbocycles. The van der Waals surface area contributed by atoms with Crippen LogP contribution < -0.4 is 22.9 Å². The molecule has 0 bridgehead atoms. The highest BCUT2D eigenvalue weighted by Crippen LogP contribution is 2.27. The van der Waals surface area contributed by atoms with E-state index in [0.717, 1.165) is 45.4 Å². The normalized spacial score (nSPS) is 13.7. The van der Waals surface area contributed by atoms with Gasteiger partial charge in [0.1, 0.15) is 0 Å². The van der Waals surface area contributed by atoms with Crippen LogP contribution in [0.1, 0.15) is 58.8 Å². The Hall–Kier alpha value is -0.160. The summed E-state index contributed by atoms with van der Waals surface area (Å²) < 4.78 is 0. The molecule has 0 aromatic carbocycles. The first-order valence-corrected chi connectivity index (χ1v) is 7.40. The Balaban J connectivity index is 0. The first-order valence-electron chi connectivity index (χ1n) is 7.40. The van der Waals surface area contributed by atoms with Crippen molar-refractivity contribution in [2.75, 3.05) is 26.2 Å². The standard InChI is InChI=1S/C9H22N2.C5H14N2/c1-3-5-9(2,8-11)6-4-7-10;6-4-2-1-3-5-7/h3-8,10-11H2,1-2H3;1-7H2. The molecular weight excluding hydrogens is 224 g/mol. The molecule has 8 N–H and O–H groups in total. The zero-order valence-corrected chi connectivity index (χ0v) is 12.6. The van der Waals surface area contributed by atoms with Gasteiger partial charge in [0.15, 0.2) is 0 Å². The van der Waals surface area contributed by atoms with E-state index in [0.29, 0.717) is 5.41 Å². The molecule has 0 saturated heterocycles. The highest BCUT2D eigenvalue weighted by molar-refractivity contribution is 4.74. The molecule has 0 rings (SSSR count). The summed E-state index contributed by atoms with van der Waals surface area (Å²) in [6, 6.07) is 0. The summed E-state index contributed by atoms with van der Waals surface area (Å²) in [4.78, 5) is 0. The summed E-state index contributed by atoms with van der Waals surface area (Å²) in [5, 5.41) is 0. The average Bonchev–Trinajstić information content (AvgIpc) is 2.38. The summed E-state index contributed by atoms with van der Waals surface area (Å²) in [7, 11) is 0. The third-order valence-corrected chi connectivity index (χ3v) is 3.24. The lowest BCUT2D eigenvalue weighted by Crippen LogP contribution is -2.27. The molecule has 0 spiro atoms. The predicted molar refractivity (Wildman–Crippen MR) is 82.3 cm³/mol. The molecule has 0 radical (unpaired) electrons. The monoisotopic (exact) mass is 260 g/mol. The second kappa shape index (κ2) is 14.9. The highest BCUT2D eigenvalue weighted by atomic mass is 14.6. The Kier molecular flexibility index (Phi) is 16.7. The smallest absolute Gasteiger partial charge is 0.00232 e. The van der Waals surface area contributed by atoms with Crippen molar-refractivity contribution in [2.45, 2.75) is 58.8 Å². The van der Waals surface area contributed by atoms with Crippen molar-refractivity contribution in [1.82, 2.24) is 0 Å². The van der Waals surface area contributed by atoms with Crippen molar-refractivity contribution in [2.24, 2.45) is 28.3 Å². The van der Waals surface area contributed by atoms with Crippen molar-refractivity contribution in [3.8, 4) is 0 Å². The van der Waals surface area contributed by atoms with E-state index in [1.807, 2.05) is 0 Å². The average molecular weight is 260 g/mol. The second-order valence-electron chi connectivity index (χ2n) is 5.30. The summed E-state index contributed by atoms with van der Waals surface area (Å²) in [6.45, 7) is 7.66. The highest BCUT2D eigenvalue weighted by Gasteiger charge is 2.19. The molecule has 112 valence electrons. The SMILES string of the molecule is CCCC(C)(CN)CCCN.NCCCCCN. The minimum atomic E-state index is 0.341. The number of unbranched alkanes of at least 4 members (excludes halogenated alkanes) is 2. The lowest BCUT2D eigenvalue weighted by molar-refractivity contribution is 0.274. The first-order chi connectivity index (χ1) is 8.60. The van der Waals surface area contributed by atoms with Gasteiger partial charge < -0.3 is 22.9 Å². The Bertz CT molecular complexity index is 149. The van der Waals surface area contributed by atoms with Gasteiger partial charge in [0, 0.05) is 0 Å². The van der Waals surface area contributed by atoms with Crippen molar-refractivity contribution >= 4 is 0 Å². The third kappa shape index (κ3) is 13.9. The molecule has 0 aliphatic heterocycles. The molecular formula is C14H36N4. The van der Waals surface area contributed by atoms with Gasteiger partial charge in [-0.15, -0.1) is 0 Å². The minimum Gasteiger partial charge on any atom is -0.330 e. The van der Waals surface area contributed by atoms with Crippen LogP contribution in [0.3, 0.4) is 0 Å². The molecule has 1 atom stereocenters. The zero-order chi connectivity index (χ0) is 14.3. The van der Waals surface area contributed by atoms with Gasteiger partial charge in [0.05, 0.1) is 0 Å². The Morgan fingerprint density at radius 2 is 1.22 bits per heavy atom. The molecule has 0 aliphatic carbocycles. The van der Waals surface area contributed by atoms with Crippen molar-refractivity contribution < 1.29 is 0 Å². The molecule has 0 aliphatic rings. The minimum absolute atomic E-state index is 0.341. The fourth-order valence-corrected chi connectivity index (χ4v) is 1.93. The maximum Gasteiger partial charge on any atom is -0.00232 e. The molecule has 0 heterocycles. The molecule has 4 heteroatoms. The van der Waals surface area contributed by atoms with Crippen LogP contribution in [0.5, 0.6) is 0 Å². The van der Waals surface area contributed by atoms with Crippen LogP contribution >= 0.6 is 0 Å². The van der Waals surface area contributed by atoms with Gasteiger partial charge in [-0.1, -0.05) is 26.7 Å². The van der Waals surface area contributed by atoms with Crippen LogP contribution in [0.4, 0.5) is 0 Å². The van der Waals surface area contributed by atoms with Crippen molar-refractivity contribution in [3.63, 3.8) is 0 Å². The van der Waals surface area contributed by atoms with Gasteiger partial charge in [-0.05, 0) is 63.7 Å². The lowest BCUT2D eigenvalue weighted by atomic mass is 9.81. The van der Waals surface area contributed by atoms with Crippen molar-refractivity contribution in [1.29, 1.82) is 0 Å². The van der Waals surface area contributed by atoms with Crippen LogP contribution in [0.25, 0.3) is 0 Å². The van der Waals surface area contributed by atoms with Crippen LogP contribution in [0.2, 0.25) is 0 Å². The van der Waals surface area contributed by atoms with Crippen molar-refractivity contribution in [3.05, 3.63) is 0 Å². The van der Waals surface area contributed by atoms with Gasteiger partial charge >= 0.3 is 0 Å². The molecule has 0 fully saturated rings. The Labute approximate surface area is 114 Å². The fraction of sp³-hybridized carbons (Fsp3) is 1.00. The number of hydrogen-bond acceptors (Lipinski definition) is 4. The van der Waals surface area contributed by atoms with E-state index in [1.54, 1.807) is 0 Å². The maximum absolute atomic E-state index is 5.69. The quantitative estimate of drug-likeness (QED) is 0.447. The summed E-state index contributed by atoms with van der Waals surface area (Å²) in [6.07, 6.45) is 8.16. The van der Waals surface area contributed by atoms with Crippen LogP contribution in [0.15, 0.2) is 0 Å². The molecule has 0 amide bonds. The van der Waals surface area contributed by atoms with Gasteiger partial charge in [-0.25, -0.2) is 0 Å². The van der Waals surface area contributed by atoms with E-state index in [2.05, 4.69) is 13.8 Å².